The number of nitriles is 1. The predicted octanol–water partition coefficient (Wildman–Crippen LogP) is 2.70. The molecule has 12 heavy (non-hydrogen) atoms. The molecule has 0 aliphatic carbocycles. The first kappa shape index (κ1) is 10.6. The Hall–Kier alpha value is -1.36. The predicted molar refractivity (Wildman–Crippen MR) is 51.8 cm³/mol. The minimum Gasteiger partial charge on any atom is -0.266 e. The standard InChI is InChI=1S/C10H14N2/c1-5-12-10(8(2)3)6-9(4)7-11/h5-6,8H,4H2,1-3H3/b10-6-,12-5?. The molecule has 0 radical (unpaired) electrons. The summed E-state index contributed by atoms with van der Waals surface area (Å²) >= 11 is 0. The van der Waals surface area contributed by atoms with Gasteiger partial charge in [-0.05, 0) is 18.9 Å². The molecule has 0 heterocycles. The molecular weight excluding hydrogens is 148 g/mol. The molecule has 0 spiro atoms. The van der Waals surface area contributed by atoms with Gasteiger partial charge < -0.3 is 0 Å². The van der Waals surface area contributed by atoms with Crippen molar-refractivity contribution in [2.75, 3.05) is 0 Å². The summed E-state index contributed by atoms with van der Waals surface area (Å²) in [6.45, 7) is 9.48. The lowest BCUT2D eigenvalue weighted by molar-refractivity contribution is 0.758. The normalized spacial score (nSPS) is 12.1. The molecule has 0 aliphatic rings. The van der Waals surface area contributed by atoms with E-state index in [2.05, 4.69) is 11.6 Å². The maximum Gasteiger partial charge on any atom is 0.0986 e. The zero-order chi connectivity index (χ0) is 9.56. The zero-order valence-electron chi connectivity index (χ0n) is 7.83. The van der Waals surface area contributed by atoms with Crippen LogP contribution in [0.1, 0.15) is 20.8 Å². The van der Waals surface area contributed by atoms with Crippen LogP contribution in [0.25, 0.3) is 0 Å². The highest BCUT2D eigenvalue weighted by molar-refractivity contribution is 5.56. The summed E-state index contributed by atoms with van der Waals surface area (Å²) in [5.41, 5.74) is 1.34. The molecular formula is C10H14N2. The molecule has 0 aromatic heterocycles. The second kappa shape index (κ2) is 5.31. The highest BCUT2D eigenvalue weighted by Crippen LogP contribution is 2.12. The van der Waals surface area contributed by atoms with Crippen molar-refractivity contribution in [2.24, 2.45) is 10.9 Å². The molecule has 0 aliphatic heterocycles. The molecule has 64 valence electrons. The van der Waals surface area contributed by atoms with Gasteiger partial charge in [-0.1, -0.05) is 20.4 Å². The third-order valence-corrected chi connectivity index (χ3v) is 1.34. The van der Waals surface area contributed by atoms with Gasteiger partial charge in [-0.25, -0.2) is 0 Å². The topological polar surface area (TPSA) is 36.1 Å². The Labute approximate surface area is 73.9 Å². The van der Waals surface area contributed by atoms with Crippen molar-refractivity contribution >= 4 is 6.21 Å². The molecule has 0 unspecified atom stereocenters. The van der Waals surface area contributed by atoms with E-state index in [1.54, 1.807) is 12.3 Å². The first-order valence-corrected chi connectivity index (χ1v) is 3.91. The van der Waals surface area contributed by atoms with Crippen LogP contribution >= 0.6 is 0 Å². The molecule has 0 bridgehead atoms. The zero-order valence-corrected chi connectivity index (χ0v) is 7.83. The first-order chi connectivity index (χ1) is 5.61. The summed E-state index contributed by atoms with van der Waals surface area (Å²) in [7, 11) is 0. The summed E-state index contributed by atoms with van der Waals surface area (Å²) < 4.78 is 0. The third-order valence-electron chi connectivity index (χ3n) is 1.34. The van der Waals surface area contributed by atoms with E-state index in [-0.39, 0.29) is 0 Å². The van der Waals surface area contributed by atoms with Gasteiger partial charge in [0.2, 0.25) is 0 Å². The minimum absolute atomic E-state index is 0.325. The monoisotopic (exact) mass is 162 g/mol. The molecule has 0 amide bonds. The van der Waals surface area contributed by atoms with Gasteiger partial charge in [0.05, 0.1) is 6.07 Å². The average Bonchev–Trinajstić information content (AvgIpc) is 2.03. The molecule has 2 nitrogen and oxygen atoms in total. The van der Waals surface area contributed by atoms with Crippen LogP contribution in [0.15, 0.2) is 28.9 Å². The van der Waals surface area contributed by atoms with Crippen LogP contribution in [-0.2, 0) is 0 Å². The van der Waals surface area contributed by atoms with E-state index in [1.807, 2.05) is 26.8 Å². The fraction of sp³-hybridized carbons (Fsp3) is 0.400. The lowest BCUT2D eigenvalue weighted by atomic mass is 10.1. The smallest absolute Gasteiger partial charge is 0.0986 e. The van der Waals surface area contributed by atoms with Gasteiger partial charge in [0, 0.05) is 17.5 Å². The first-order valence-electron chi connectivity index (χ1n) is 3.91. The average molecular weight is 162 g/mol. The van der Waals surface area contributed by atoms with Gasteiger partial charge in [0.1, 0.15) is 0 Å². The van der Waals surface area contributed by atoms with Gasteiger partial charge in [-0.15, -0.1) is 0 Å². The third kappa shape index (κ3) is 3.72. The number of allylic oxidation sites excluding steroid dienone is 3. The van der Waals surface area contributed by atoms with Gasteiger partial charge in [0.15, 0.2) is 0 Å². The molecule has 0 saturated heterocycles. The van der Waals surface area contributed by atoms with Crippen LogP contribution in [0.4, 0.5) is 0 Å². The molecule has 0 atom stereocenters. The second-order valence-electron chi connectivity index (χ2n) is 2.75. The van der Waals surface area contributed by atoms with Crippen LogP contribution in [-0.4, -0.2) is 6.21 Å². The fourth-order valence-corrected chi connectivity index (χ4v) is 0.713. The van der Waals surface area contributed by atoms with E-state index in [9.17, 15) is 0 Å². The van der Waals surface area contributed by atoms with Crippen LogP contribution in [0.3, 0.4) is 0 Å². The SMILES string of the molecule is C=C(C#N)/C=C(\N=CC)C(C)C. The van der Waals surface area contributed by atoms with Crippen LogP contribution < -0.4 is 0 Å². The largest absolute Gasteiger partial charge is 0.266 e. The van der Waals surface area contributed by atoms with Crippen molar-refractivity contribution in [3.63, 3.8) is 0 Å². The highest BCUT2D eigenvalue weighted by Gasteiger charge is 2.00. The Morgan fingerprint density at radius 3 is 2.50 bits per heavy atom. The summed E-state index contributed by atoms with van der Waals surface area (Å²) in [5, 5.41) is 8.49. The van der Waals surface area contributed by atoms with E-state index in [0.717, 1.165) is 5.70 Å². The Morgan fingerprint density at radius 1 is 1.58 bits per heavy atom. The van der Waals surface area contributed by atoms with Crippen LogP contribution in [0, 0.1) is 17.2 Å². The Balaban J connectivity index is 4.63. The molecule has 0 aromatic carbocycles. The fourth-order valence-electron chi connectivity index (χ4n) is 0.713. The summed E-state index contributed by atoms with van der Waals surface area (Å²) in [6, 6.07) is 1.96. The lowest BCUT2D eigenvalue weighted by Crippen LogP contribution is -1.91. The minimum atomic E-state index is 0.325. The Morgan fingerprint density at radius 2 is 2.17 bits per heavy atom. The lowest BCUT2D eigenvalue weighted by Gasteiger charge is -2.03. The van der Waals surface area contributed by atoms with Crippen LogP contribution in [0.5, 0.6) is 0 Å². The van der Waals surface area contributed by atoms with E-state index in [4.69, 9.17) is 5.26 Å². The Kier molecular flexibility index (Phi) is 4.71. The van der Waals surface area contributed by atoms with Crippen LogP contribution in [0.2, 0.25) is 0 Å². The van der Waals surface area contributed by atoms with Gasteiger partial charge in [0.25, 0.3) is 0 Å². The molecule has 0 rings (SSSR count). The number of aliphatic imine (C=N–C) groups is 1. The number of hydrogen-bond donors (Lipinski definition) is 0. The van der Waals surface area contributed by atoms with Gasteiger partial charge in [-0.2, -0.15) is 5.26 Å². The van der Waals surface area contributed by atoms with E-state index in [0.29, 0.717) is 11.5 Å². The van der Waals surface area contributed by atoms with Gasteiger partial charge >= 0.3 is 0 Å². The quantitative estimate of drug-likeness (QED) is 0.357. The molecule has 0 N–H and O–H groups in total. The van der Waals surface area contributed by atoms with E-state index < -0.39 is 0 Å². The highest BCUT2D eigenvalue weighted by atomic mass is 14.7. The maximum absolute atomic E-state index is 8.49. The van der Waals surface area contributed by atoms with Crippen molar-refractivity contribution in [2.45, 2.75) is 20.8 Å². The van der Waals surface area contributed by atoms with Crippen molar-refractivity contribution in [3.05, 3.63) is 23.9 Å². The molecule has 2 heteroatoms. The van der Waals surface area contributed by atoms with Crippen molar-refractivity contribution in [1.82, 2.24) is 0 Å². The molecule has 0 fully saturated rings. The van der Waals surface area contributed by atoms with Crippen molar-refractivity contribution in [1.29, 1.82) is 5.26 Å². The Bertz CT molecular complexity index is 252. The maximum atomic E-state index is 8.49. The van der Waals surface area contributed by atoms with Crippen molar-refractivity contribution in [3.8, 4) is 6.07 Å². The summed E-state index contributed by atoms with van der Waals surface area (Å²) in [6.07, 6.45) is 3.43. The number of nitrogens with zero attached hydrogens (tertiary/aromatic N) is 2. The van der Waals surface area contributed by atoms with E-state index in [1.165, 1.54) is 0 Å². The van der Waals surface area contributed by atoms with E-state index >= 15 is 0 Å². The van der Waals surface area contributed by atoms with Crippen molar-refractivity contribution < 1.29 is 0 Å². The number of hydrogen-bond acceptors (Lipinski definition) is 2. The molecule has 0 aromatic rings. The number of rotatable bonds is 3. The second-order valence-corrected chi connectivity index (χ2v) is 2.75. The molecule has 0 saturated carbocycles. The summed E-state index contributed by atoms with van der Waals surface area (Å²) in [4.78, 5) is 4.14. The summed E-state index contributed by atoms with van der Waals surface area (Å²) in [5.74, 6) is 0.325. The van der Waals surface area contributed by atoms with Gasteiger partial charge in [-0.3, -0.25) is 4.99 Å².